The number of carbonyl (C=O) groups excluding carboxylic acids is 3. The molecule has 2 rings (SSSR count). The van der Waals surface area contributed by atoms with Gasteiger partial charge in [-0.05, 0) is 55.8 Å². The van der Waals surface area contributed by atoms with E-state index < -0.39 is 11.8 Å². The summed E-state index contributed by atoms with van der Waals surface area (Å²) in [5.74, 6) is -0.634. The number of ether oxygens (including phenoxy) is 1. The Bertz CT molecular complexity index is 853. The van der Waals surface area contributed by atoms with Gasteiger partial charge in [0.15, 0.2) is 0 Å². The van der Waals surface area contributed by atoms with Crippen LogP contribution in [0.5, 0.6) is 5.75 Å². The highest BCUT2D eigenvalue weighted by molar-refractivity contribution is 9.10. The largest absolute Gasteiger partial charge is 0.493 e. The first-order chi connectivity index (χ1) is 13.4. The molecule has 0 saturated carbocycles. The number of nitrogens with one attached hydrogen (secondary N) is 3. The molecule has 0 aliphatic carbocycles. The van der Waals surface area contributed by atoms with Gasteiger partial charge in [0.2, 0.25) is 5.91 Å². The highest BCUT2D eigenvalue weighted by Crippen LogP contribution is 2.23. The number of carbonyl (C=O) groups is 3. The fourth-order valence-electron chi connectivity index (χ4n) is 2.37. The van der Waals surface area contributed by atoms with E-state index in [0.717, 1.165) is 6.42 Å². The van der Waals surface area contributed by atoms with E-state index in [1.54, 1.807) is 42.5 Å². The van der Waals surface area contributed by atoms with Gasteiger partial charge in [0, 0.05) is 22.1 Å². The van der Waals surface area contributed by atoms with Crippen molar-refractivity contribution in [2.45, 2.75) is 26.7 Å². The third-order valence-electron chi connectivity index (χ3n) is 3.68. The minimum absolute atomic E-state index is 0.0777. The summed E-state index contributed by atoms with van der Waals surface area (Å²) in [5.41, 5.74) is 5.99. The van der Waals surface area contributed by atoms with Gasteiger partial charge in [-0.15, -0.1) is 0 Å². The van der Waals surface area contributed by atoms with Crippen LogP contribution in [-0.2, 0) is 4.79 Å². The van der Waals surface area contributed by atoms with Crippen LogP contribution in [-0.4, -0.2) is 24.3 Å². The summed E-state index contributed by atoms with van der Waals surface area (Å²) in [5, 5.41) is 2.75. The molecular formula is C20H22BrN3O4. The lowest BCUT2D eigenvalue weighted by Gasteiger charge is -2.12. The second-order valence-electron chi connectivity index (χ2n) is 5.86. The number of anilines is 1. The normalized spacial score (nSPS) is 10.1. The highest BCUT2D eigenvalue weighted by Gasteiger charge is 2.15. The molecule has 0 aromatic heterocycles. The number of amides is 3. The molecule has 0 unspecified atom stereocenters. The van der Waals surface area contributed by atoms with Crippen molar-refractivity contribution in [1.29, 1.82) is 0 Å². The zero-order chi connectivity index (χ0) is 20.5. The molecule has 0 fully saturated rings. The van der Waals surface area contributed by atoms with Gasteiger partial charge in [0.05, 0.1) is 12.2 Å². The van der Waals surface area contributed by atoms with Crippen molar-refractivity contribution in [1.82, 2.24) is 10.9 Å². The Balaban J connectivity index is 1.97. The molecule has 148 valence electrons. The second-order valence-corrected chi connectivity index (χ2v) is 6.77. The van der Waals surface area contributed by atoms with E-state index in [1.807, 2.05) is 13.8 Å². The van der Waals surface area contributed by atoms with Crippen LogP contribution in [0.1, 0.15) is 47.4 Å². The van der Waals surface area contributed by atoms with Crippen molar-refractivity contribution in [3.8, 4) is 5.75 Å². The van der Waals surface area contributed by atoms with Crippen LogP contribution >= 0.6 is 15.9 Å². The number of halogens is 1. The Labute approximate surface area is 171 Å². The number of hydrogen-bond donors (Lipinski definition) is 3. The molecular weight excluding hydrogens is 426 g/mol. The Morgan fingerprint density at radius 1 is 0.964 bits per heavy atom. The van der Waals surface area contributed by atoms with Gasteiger partial charge in [-0.25, -0.2) is 0 Å². The van der Waals surface area contributed by atoms with E-state index in [9.17, 15) is 14.4 Å². The molecule has 0 aliphatic heterocycles. The van der Waals surface area contributed by atoms with E-state index >= 15 is 0 Å². The van der Waals surface area contributed by atoms with Gasteiger partial charge in [0.1, 0.15) is 5.75 Å². The molecule has 0 atom stereocenters. The Kier molecular flexibility index (Phi) is 8.01. The fourth-order valence-corrected chi connectivity index (χ4v) is 2.73. The maximum Gasteiger partial charge on any atom is 0.273 e. The molecule has 0 saturated heterocycles. The summed E-state index contributed by atoms with van der Waals surface area (Å²) < 4.78 is 6.15. The average molecular weight is 448 g/mol. The molecule has 0 heterocycles. The van der Waals surface area contributed by atoms with Crippen LogP contribution in [0.2, 0.25) is 0 Å². The van der Waals surface area contributed by atoms with Crippen LogP contribution < -0.4 is 20.9 Å². The zero-order valence-corrected chi connectivity index (χ0v) is 17.3. The lowest BCUT2D eigenvalue weighted by Crippen LogP contribution is -2.41. The SMILES string of the molecule is CCCC(=O)Nc1ccc(C(=O)NNC(=O)c2cc(Br)ccc2OCC)cc1. The van der Waals surface area contributed by atoms with Crippen molar-refractivity contribution in [2.75, 3.05) is 11.9 Å². The molecule has 28 heavy (non-hydrogen) atoms. The lowest BCUT2D eigenvalue weighted by molar-refractivity contribution is -0.116. The number of hydrazine groups is 1. The second kappa shape index (κ2) is 10.5. The molecule has 7 nitrogen and oxygen atoms in total. The highest BCUT2D eigenvalue weighted by atomic mass is 79.9. The molecule has 0 bridgehead atoms. The molecule has 8 heteroatoms. The van der Waals surface area contributed by atoms with Crippen molar-refractivity contribution in [3.05, 3.63) is 58.1 Å². The Morgan fingerprint density at radius 2 is 1.64 bits per heavy atom. The average Bonchev–Trinajstić information content (AvgIpc) is 2.68. The van der Waals surface area contributed by atoms with Crippen LogP contribution in [0.25, 0.3) is 0 Å². The molecule has 0 aliphatic rings. The van der Waals surface area contributed by atoms with Crippen molar-refractivity contribution < 1.29 is 19.1 Å². The molecule has 3 amide bonds. The molecule has 0 radical (unpaired) electrons. The van der Waals surface area contributed by atoms with E-state index in [1.165, 1.54) is 0 Å². The maximum atomic E-state index is 12.4. The first-order valence-electron chi connectivity index (χ1n) is 8.87. The maximum absolute atomic E-state index is 12.4. The van der Waals surface area contributed by atoms with Crippen LogP contribution in [0.3, 0.4) is 0 Å². The Morgan fingerprint density at radius 3 is 2.29 bits per heavy atom. The van der Waals surface area contributed by atoms with Gasteiger partial charge >= 0.3 is 0 Å². The van der Waals surface area contributed by atoms with E-state index in [2.05, 4.69) is 32.1 Å². The lowest BCUT2D eigenvalue weighted by atomic mass is 10.2. The summed E-state index contributed by atoms with van der Waals surface area (Å²) in [6.45, 7) is 4.15. The number of benzene rings is 2. The van der Waals surface area contributed by atoms with Gasteiger partial charge < -0.3 is 10.1 Å². The van der Waals surface area contributed by atoms with Crippen LogP contribution in [0, 0.1) is 0 Å². The minimum atomic E-state index is -0.499. The summed E-state index contributed by atoms with van der Waals surface area (Å²) >= 11 is 3.31. The van der Waals surface area contributed by atoms with E-state index in [-0.39, 0.29) is 5.91 Å². The summed E-state index contributed by atoms with van der Waals surface area (Å²) in [6, 6.07) is 11.4. The third-order valence-corrected chi connectivity index (χ3v) is 4.18. The first kappa shape index (κ1) is 21.4. The number of rotatable bonds is 7. The van der Waals surface area contributed by atoms with Gasteiger partial charge in [-0.1, -0.05) is 22.9 Å². The standard InChI is InChI=1S/C20H22BrN3O4/c1-3-5-18(25)22-15-9-6-13(7-10-15)19(26)23-24-20(27)16-12-14(21)8-11-17(16)28-4-2/h6-12H,3-5H2,1-2H3,(H,22,25)(H,23,26)(H,24,27). The summed E-state index contributed by atoms with van der Waals surface area (Å²) in [6.07, 6.45) is 1.20. The van der Waals surface area contributed by atoms with E-state index in [0.29, 0.717) is 40.1 Å². The summed E-state index contributed by atoms with van der Waals surface area (Å²) in [4.78, 5) is 36.2. The minimum Gasteiger partial charge on any atom is -0.493 e. The van der Waals surface area contributed by atoms with Crippen molar-refractivity contribution in [3.63, 3.8) is 0 Å². The van der Waals surface area contributed by atoms with Gasteiger partial charge in [0.25, 0.3) is 11.8 Å². The fraction of sp³-hybridized carbons (Fsp3) is 0.250. The zero-order valence-electron chi connectivity index (χ0n) is 15.7. The van der Waals surface area contributed by atoms with Gasteiger partial charge in [-0.2, -0.15) is 0 Å². The predicted molar refractivity (Wildman–Crippen MR) is 110 cm³/mol. The summed E-state index contributed by atoms with van der Waals surface area (Å²) in [7, 11) is 0. The van der Waals surface area contributed by atoms with Crippen molar-refractivity contribution in [2.24, 2.45) is 0 Å². The predicted octanol–water partition coefficient (Wildman–Crippen LogP) is 3.66. The topological polar surface area (TPSA) is 96.5 Å². The monoisotopic (exact) mass is 447 g/mol. The first-order valence-corrected chi connectivity index (χ1v) is 9.66. The Hall–Kier alpha value is -2.87. The van der Waals surface area contributed by atoms with Crippen LogP contribution in [0.4, 0.5) is 5.69 Å². The van der Waals surface area contributed by atoms with Gasteiger partial charge in [-0.3, -0.25) is 25.2 Å². The molecule has 0 spiro atoms. The van der Waals surface area contributed by atoms with E-state index in [4.69, 9.17) is 4.74 Å². The molecule has 3 N–H and O–H groups in total. The molecule has 2 aromatic rings. The third kappa shape index (κ3) is 6.09. The number of hydrogen-bond acceptors (Lipinski definition) is 4. The smallest absolute Gasteiger partial charge is 0.273 e. The van der Waals surface area contributed by atoms with Crippen molar-refractivity contribution >= 4 is 39.3 Å². The molecule has 2 aromatic carbocycles. The quantitative estimate of drug-likeness (QED) is 0.564. The van der Waals surface area contributed by atoms with Crippen LogP contribution in [0.15, 0.2) is 46.9 Å².